The molecule has 1 amide bonds. The number of benzene rings is 1. The first kappa shape index (κ1) is 18.8. The van der Waals surface area contributed by atoms with Gasteiger partial charge in [-0.3, -0.25) is 9.59 Å². The molecule has 2 aromatic rings. The summed E-state index contributed by atoms with van der Waals surface area (Å²) in [6.07, 6.45) is 0.926. The van der Waals surface area contributed by atoms with E-state index in [2.05, 4.69) is 10.4 Å². The molecule has 25 heavy (non-hydrogen) atoms. The highest BCUT2D eigenvalue weighted by molar-refractivity contribution is 5.92. The Kier molecular flexibility index (Phi) is 5.69. The number of nitrogens with one attached hydrogen (secondary N) is 1. The van der Waals surface area contributed by atoms with Gasteiger partial charge < -0.3 is 10.4 Å². The van der Waals surface area contributed by atoms with Gasteiger partial charge in [0.2, 0.25) is 5.43 Å². The molecule has 0 unspecified atom stereocenters. The van der Waals surface area contributed by atoms with E-state index >= 15 is 0 Å². The number of nitrogens with zero attached hydrogens (tertiary/aromatic N) is 2. The quantitative estimate of drug-likeness (QED) is 0.837. The van der Waals surface area contributed by atoms with Crippen molar-refractivity contribution in [3.8, 4) is 5.69 Å². The number of para-hydroxylation sites is 1. The van der Waals surface area contributed by atoms with Crippen LogP contribution in [0.25, 0.3) is 5.69 Å². The fourth-order valence-corrected chi connectivity index (χ4v) is 2.40. The minimum Gasteiger partial charge on any atom is -0.388 e. The molecule has 1 heterocycles. The van der Waals surface area contributed by atoms with Crippen molar-refractivity contribution in [3.05, 3.63) is 57.8 Å². The number of carbonyl (C=O) groups excluding carboxylic acids is 1. The number of carbonyl (C=O) groups is 1. The Hall–Kier alpha value is -2.54. The van der Waals surface area contributed by atoms with Crippen LogP contribution in [0.1, 0.15) is 42.9 Å². The number of amides is 1. The van der Waals surface area contributed by atoms with Gasteiger partial charge in [0.05, 0.1) is 5.60 Å². The van der Waals surface area contributed by atoms with E-state index in [-0.39, 0.29) is 17.9 Å². The summed E-state index contributed by atoms with van der Waals surface area (Å²) < 4.78 is 15.2. The Morgan fingerprint density at radius 3 is 2.56 bits per heavy atom. The third-order valence-corrected chi connectivity index (χ3v) is 4.30. The van der Waals surface area contributed by atoms with Crippen molar-refractivity contribution >= 4 is 5.91 Å². The van der Waals surface area contributed by atoms with E-state index in [9.17, 15) is 19.1 Å². The summed E-state index contributed by atoms with van der Waals surface area (Å²) in [6.45, 7) is 5.23. The standard InChI is InChI=1S/C18H22FN3O3/c1-4-18(25,5-2)11-20-17(24)16-15(23)10-12(3)22(21-16)14-9-7-6-8-13(14)19/h6-10,25H,4-5,11H2,1-3H3,(H,20,24). The molecule has 1 aromatic heterocycles. The summed E-state index contributed by atoms with van der Waals surface area (Å²) in [4.78, 5) is 24.5. The Labute approximate surface area is 145 Å². The second-order valence-corrected chi connectivity index (χ2v) is 5.98. The third kappa shape index (κ3) is 4.11. The molecule has 0 saturated carbocycles. The second kappa shape index (κ2) is 7.57. The highest BCUT2D eigenvalue weighted by Gasteiger charge is 2.24. The molecular formula is C18H22FN3O3. The van der Waals surface area contributed by atoms with Crippen LogP contribution in [0.2, 0.25) is 0 Å². The molecule has 134 valence electrons. The van der Waals surface area contributed by atoms with Gasteiger partial charge in [-0.1, -0.05) is 26.0 Å². The third-order valence-electron chi connectivity index (χ3n) is 4.30. The Bertz CT molecular complexity index is 829. The first-order valence-corrected chi connectivity index (χ1v) is 8.17. The zero-order valence-corrected chi connectivity index (χ0v) is 14.5. The van der Waals surface area contributed by atoms with Gasteiger partial charge in [0, 0.05) is 18.3 Å². The molecule has 1 aromatic carbocycles. The lowest BCUT2D eigenvalue weighted by molar-refractivity contribution is 0.0312. The molecular weight excluding hydrogens is 325 g/mol. The van der Waals surface area contributed by atoms with Gasteiger partial charge in [-0.05, 0) is 31.9 Å². The summed E-state index contributed by atoms with van der Waals surface area (Å²) in [5.41, 5.74) is -1.38. The fourth-order valence-electron chi connectivity index (χ4n) is 2.40. The number of aryl methyl sites for hydroxylation is 1. The normalized spacial score (nSPS) is 11.4. The van der Waals surface area contributed by atoms with Gasteiger partial charge in [0.1, 0.15) is 11.5 Å². The van der Waals surface area contributed by atoms with Crippen LogP contribution in [0.3, 0.4) is 0 Å². The summed E-state index contributed by atoms with van der Waals surface area (Å²) in [5.74, 6) is -1.21. The molecule has 0 spiro atoms. The van der Waals surface area contributed by atoms with E-state index in [1.807, 2.05) is 13.8 Å². The molecule has 0 atom stereocenters. The molecule has 0 saturated heterocycles. The van der Waals surface area contributed by atoms with Gasteiger partial charge >= 0.3 is 0 Å². The zero-order chi connectivity index (χ0) is 18.6. The molecule has 0 bridgehead atoms. The van der Waals surface area contributed by atoms with Crippen molar-refractivity contribution in [2.24, 2.45) is 0 Å². The first-order valence-electron chi connectivity index (χ1n) is 8.17. The maximum absolute atomic E-state index is 14.0. The average molecular weight is 347 g/mol. The van der Waals surface area contributed by atoms with Gasteiger partial charge in [0.25, 0.3) is 5.91 Å². The monoisotopic (exact) mass is 347 g/mol. The Morgan fingerprint density at radius 2 is 1.96 bits per heavy atom. The zero-order valence-electron chi connectivity index (χ0n) is 14.5. The lowest BCUT2D eigenvalue weighted by atomic mass is 9.97. The topological polar surface area (TPSA) is 84.2 Å². The second-order valence-electron chi connectivity index (χ2n) is 5.98. The van der Waals surface area contributed by atoms with Crippen molar-refractivity contribution in [1.82, 2.24) is 15.1 Å². The number of aromatic nitrogens is 2. The minimum atomic E-state index is -1.04. The van der Waals surface area contributed by atoms with Gasteiger partial charge in [-0.15, -0.1) is 0 Å². The molecule has 2 rings (SSSR count). The van der Waals surface area contributed by atoms with E-state index in [4.69, 9.17) is 0 Å². The summed E-state index contributed by atoms with van der Waals surface area (Å²) in [7, 11) is 0. The highest BCUT2D eigenvalue weighted by Crippen LogP contribution is 2.14. The Balaban J connectivity index is 2.36. The summed E-state index contributed by atoms with van der Waals surface area (Å²) in [5, 5.41) is 16.8. The van der Waals surface area contributed by atoms with Gasteiger partial charge in [-0.2, -0.15) is 5.10 Å². The number of hydrogen-bond donors (Lipinski definition) is 2. The van der Waals surface area contributed by atoms with Crippen molar-refractivity contribution in [1.29, 1.82) is 0 Å². The number of halogens is 1. The first-order chi connectivity index (χ1) is 11.8. The lowest BCUT2D eigenvalue weighted by Crippen LogP contribution is -2.43. The maximum atomic E-state index is 14.0. The fraction of sp³-hybridized carbons (Fsp3) is 0.389. The highest BCUT2D eigenvalue weighted by atomic mass is 19.1. The van der Waals surface area contributed by atoms with E-state index in [1.54, 1.807) is 19.1 Å². The van der Waals surface area contributed by atoms with Crippen LogP contribution >= 0.6 is 0 Å². The molecule has 0 radical (unpaired) electrons. The van der Waals surface area contributed by atoms with E-state index in [0.29, 0.717) is 18.5 Å². The number of rotatable bonds is 6. The van der Waals surface area contributed by atoms with Gasteiger partial charge in [-0.25, -0.2) is 9.07 Å². The van der Waals surface area contributed by atoms with Crippen LogP contribution in [-0.4, -0.2) is 32.9 Å². The molecule has 7 heteroatoms. The Morgan fingerprint density at radius 1 is 1.32 bits per heavy atom. The van der Waals surface area contributed by atoms with E-state index in [0.717, 1.165) is 0 Å². The lowest BCUT2D eigenvalue weighted by Gasteiger charge is -2.25. The minimum absolute atomic E-state index is 0.00747. The molecule has 0 fully saturated rings. The number of aliphatic hydroxyl groups is 1. The van der Waals surface area contributed by atoms with Crippen LogP contribution in [0.15, 0.2) is 35.1 Å². The molecule has 0 aliphatic rings. The summed E-state index contributed by atoms with van der Waals surface area (Å²) >= 11 is 0. The smallest absolute Gasteiger partial charge is 0.275 e. The summed E-state index contributed by atoms with van der Waals surface area (Å²) in [6, 6.07) is 7.20. The largest absolute Gasteiger partial charge is 0.388 e. The SMILES string of the molecule is CCC(O)(CC)CNC(=O)c1nn(-c2ccccc2F)c(C)cc1=O. The molecule has 0 aliphatic carbocycles. The van der Waals surface area contributed by atoms with Crippen molar-refractivity contribution in [2.45, 2.75) is 39.2 Å². The van der Waals surface area contributed by atoms with Crippen molar-refractivity contribution in [2.75, 3.05) is 6.54 Å². The van der Waals surface area contributed by atoms with Gasteiger partial charge in [0.15, 0.2) is 5.69 Å². The predicted molar refractivity (Wildman–Crippen MR) is 92.4 cm³/mol. The maximum Gasteiger partial charge on any atom is 0.275 e. The van der Waals surface area contributed by atoms with Crippen LogP contribution < -0.4 is 10.7 Å². The van der Waals surface area contributed by atoms with E-state index < -0.39 is 22.8 Å². The van der Waals surface area contributed by atoms with Crippen LogP contribution in [0.4, 0.5) is 4.39 Å². The van der Waals surface area contributed by atoms with Crippen LogP contribution in [0, 0.1) is 12.7 Å². The average Bonchev–Trinajstić information content (AvgIpc) is 2.60. The van der Waals surface area contributed by atoms with Crippen LogP contribution in [0.5, 0.6) is 0 Å². The van der Waals surface area contributed by atoms with Crippen molar-refractivity contribution in [3.63, 3.8) is 0 Å². The van der Waals surface area contributed by atoms with E-state index in [1.165, 1.54) is 22.9 Å². The van der Waals surface area contributed by atoms with Crippen molar-refractivity contribution < 1.29 is 14.3 Å². The van der Waals surface area contributed by atoms with Crippen LogP contribution in [-0.2, 0) is 0 Å². The number of hydrogen-bond acceptors (Lipinski definition) is 4. The molecule has 2 N–H and O–H groups in total. The molecule has 6 nitrogen and oxygen atoms in total. The predicted octanol–water partition coefficient (Wildman–Crippen LogP) is 1.96. The molecule has 0 aliphatic heterocycles.